The number of carboxylic acids is 1. The van der Waals surface area contributed by atoms with Crippen molar-refractivity contribution < 1.29 is 19.4 Å². The van der Waals surface area contributed by atoms with E-state index in [0.717, 1.165) is 11.3 Å². The zero-order valence-corrected chi connectivity index (χ0v) is 17.4. The van der Waals surface area contributed by atoms with Crippen molar-refractivity contribution in [2.45, 2.75) is 52.4 Å². The van der Waals surface area contributed by atoms with E-state index in [1.807, 2.05) is 52.0 Å². The Kier molecular flexibility index (Phi) is 7.70. The van der Waals surface area contributed by atoms with Gasteiger partial charge in [-0.25, -0.2) is 4.98 Å². The largest absolute Gasteiger partial charge is 0.481 e. The van der Waals surface area contributed by atoms with Crippen molar-refractivity contribution >= 4 is 23.4 Å². The van der Waals surface area contributed by atoms with Crippen molar-refractivity contribution in [3.05, 3.63) is 47.9 Å². The van der Waals surface area contributed by atoms with Crippen molar-refractivity contribution in [3.63, 3.8) is 0 Å². The van der Waals surface area contributed by atoms with Crippen LogP contribution in [0.2, 0.25) is 0 Å². The van der Waals surface area contributed by atoms with Crippen molar-refractivity contribution in [3.8, 4) is 0 Å². The minimum absolute atomic E-state index is 0.0957. The van der Waals surface area contributed by atoms with Crippen LogP contribution in [0, 0.1) is 12.8 Å². The molecule has 0 aliphatic rings. The predicted molar refractivity (Wildman–Crippen MR) is 111 cm³/mol. The highest BCUT2D eigenvalue weighted by Crippen LogP contribution is 2.34. The molecule has 2 rings (SSSR count). The van der Waals surface area contributed by atoms with Crippen LogP contribution >= 0.6 is 0 Å². The monoisotopic (exact) mass is 399 g/mol. The number of esters is 1. The maximum atomic E-state index is 13.0. The minimum Gasteiger partial charge on any atom is -0.481 e. The van der Waals surface area contributed by atoms with Crippen molar-refractivity contribution in [2.75, 3.05) is 11.9 Å². The van der Waals surface area contributed by atoms with E-state index in [0.29, 0.717) is 17.9 Å². The van der Waals surface area contributed by atoms with Gasteiger partial charge in [0, 0.05) is 18.3 Å². The third-order valence-electron chi connectivity index (χ3n) is 4.76. The molecular weight excluding hydrogens is 370 g/mol. The number of hydrogen-bond acceptors (Lipinski definition) is 6. The first-order valence-electron chi connectivity index (χ1n) is 9.82. The minimum atomic E-state index is -1.16. The zero-order chi connectivity index (χ0) is 21.4. The molecule has 1 unspecified atom stereocenters. The molecule has 0 aliphatic carbocycles. The fourth-order valence-electron chi connectivity index (χ4n) is 2.98. The summed E-state index contributed by atoms with van der Waals surface area (Å²) >= 11 is 0. The van der Waals surface area contributed by atoms with E-state index >= 15 is 0 Å². The summed E-state index contributed by atoms with van der Waals surface area (Å²) in [5, 5.41) is 12.4. The highest BCUT2D eigenvalue weighted by atomic mass is 16.5. The highest BCUT2D eigenvalue weighted by molar-refractivity contribution is 5.83. The van der Waals surface area contributed by atoms with Crippen molar-refractivity contribution in [2.24, 2.45) is 5.92 Å². The molecule has 2 aromatic rings. The van der Waals surface area contributed by atoms with Gasteiger partial charge in [0.1, 0.15) is 11.2 Å². The topological polar surface area (TPSA) is 101 Å². The molecule has 0 radical (unpaired) electrons. The van der Waals surface area contributed by atoms with Gasteiger partial charge >= 0.3 is 11.9 Å². The molecule has 0 aliphatic heterocycles. The third kappa shape index (κ3) is 6.01. The number of aromatic nitrogens is 2. The highest BCUT2D eigenvalue weighted by Gasteiger charge is 2.42. The number of carbonyl (C=O) groups is 2. The second-order valence-corrected chi connectivity index (χ2v) is 7.60. The maximum Gasteiger partial charge on any atom is 0.318 e. The number of carbonyl (C=O) groups excluding carboxylic acids is 1. The molecule has 0 spiro atoms. The summed E-state index contributed by atoms with van der Waals surface area (Å²) in [6.45, 7) is 8.00. The number of aryl methyl sites for hydroxylation is 1. The molecule has 1 aromatic heterocycles. The van der Waals surface area contributed by atoms with Crippen LogP contribution in [0.15, 0.2) is 36.7 Å². The van der Waals surface area contributed by atoms with Gasteiger partial charge in [0.15, 0.2) is 0 Å². The molecule has 0 saturated carbocycles. The fourth-order valence-corrected chi connectivity index (χ4v) is 2.98. The summed E-state index contributed by atoms with van der Waals surface area (Å²) in [5.41, 5.74) is 1.23. The van der Waals surface area contributed by atoms with E-state index in [1.165, 1.54) is 6.20 Å². The zero-order valence-electron chi connectivity index (χ0n) is 17.4. The summed E-state index contributed by atoms with van der Waals surface area (Å²) in [6.07, 6.45) is 3.38. The van der Waals surface area contributed by atoms with Gasteiger partial charge in [0.25, 0.3) is 0 Å². The SMILES string of the molecule is CCC(CCC(=O)O)(C(=O)OCC(C)C)c1cncc(Nc2ccc(C)cc2)n1. The van der Waals surface area contributed by atoms with Crippen LogP contribution in [0.25, 0.3) is 0 Å². The molecule has 0 amide bonds. The molecule has 1 heterocycles. The molecule has 0 bridgehead atoms. The number of ether oxygens (including phenoxy) is 1. The maximum absolute atomic E-state index is 13.0. The molecule has 2 N–H and O–H groups in total. The molecule has 0 fully saturated rings. The molecule has 1 atom stereocenters. The van der Waals surface area contributed by atoms with Gasteiger partial charge in [0.05, 0.1) is 18.5 Å². The number of anilines is 2. The van der Waals surface area contributed by atoms with Crippen LogP contribution in [0.4, 0.5) is 11.5 Å². The first-order valence-corrected chi connectivity index (χ1v) is 9.82. The molecule has 1 aromatic carbocycles. The van der Waals surface area contributed by atoms with Crippen LogP contribution < -0.4 is 5.32 Å². The van der Waals surface area contributed by atoms with Crippen LogP contribution in [0.3, 0.4) is 0 Å². The van der Waals surface area contributed by atoms with E-state index in [4.69, 9.17) is 4.74 Å². The van der Waals surface area contributed by atoms with Crippen LogP contribution in [0.1, 0.15) is 51.3 Å². The quantitative estimate of drug-likeness (QED) is 0.576. The van der Waals surface area contributed by atoms with E-state index in [2.05, 4.69) is 15.3 Å². The predicted octanol–water partition coefficient (Wildman–Crippen LogP) is 4.24. The summed E-state index contributed by atoms with van der Waals surface area (Å²) in [6, 6.07) is 7.81. The van der Waals surface area contributed by atoms with Crippen LogP contribution in [-0.4, -0.2) is 33.6 Å². The number of rotatable bonds is 10. The number of nitrogens with zero attached hydrogens (tertiary/aromatic N) is 2. The van der Waals surface area contributed by atoms with E-state index in [9.17, 15) is 14.7 Å². The lowest BCUT2D eigenvalue weighted by molar-refractivity contribution is -0.153. The Morgan fingerprint density at radius 3 is 2.48 bits per heavy atom. The Bertz CT molecular complexity index is 836. The average molecular weight is 399 g/mol. The van der Waals surface area contributed by atoms with Gasteiger partial charge in [0.2, 0.25) is 0 Å². The Labute approximate surface area is 171 Å². The summed E-state index contributed by atoms with van der Waals surface area (Å²) in [7, 11) is 0. The van der Waals surface area contributed by atoms with Gasteiger partial charge in [-0.1, -0.05) is 38.5 Å². The summed E-state index contributed by atoms with van der Waals surface area (Å²) < 4.78 is 5.50. The van der Waals surface area contributed by atoms with Crippen molar-refractivity contribution in [1.29, 1.82) is 0 Å². The molecule has 7 nitrogen and oxygen atoms in total. The Morgan fingerprint density at radius 2 is 1.90 bits per heavy atom. The number of benzene rings is 1. The van der Waals surface area contributed by atoms with E-state index in [-0.39, 0.29) is 25.4 Å². The lowest BCUT2D eigenvalue weighted by atomic mass is 9.77. The molecule has 7 heteroatoms. The number of nitrogens with one attached hydrogen (secondary N) is 1. The Hall–Kier alpha value is -2.96. The third-order valence-corrected chi connectivity index (χ3v) is 4.76. The molecular formula is C22H29N3O4. The van der Waals surface area contributed by atoms with E-state index < -0.39 is 17.4 Å². The summed E-state index contributed by atoms with van der Waals surface area (Å²) in [4.78, 5) is 33.1. The van der Waals surface area contributed by atoms with Crippen molar-refractivity contribution in [1.82, 2.24) is 9.97 Å². The Morgan fingerprint density at radius 1 is 1.21 bits per heavy atom. The first-order chi connectivity index (χ1) is 13.8. The Balaban J connectivity index is 2.36. The second kappa shape index (κ2) is 10.0. The summed E-state index contributed by atoms with van der Waals surface area (Å²) in [5.74, 6) is -0.775. The number of hydrogen-bond donors (Lipinski definition) is 2. The normalized spacial score (nSPS) is 13.0. The number of aliphatic carboxylic acids is 1. The molecule has 156 valence electrons. The average Bonchev–Trinajstić information content (AvgIpc) is 2.69. The van der Waals surface area contributed by atoms with Gasteiger partial charge in [-0.05, 0) is 37.8 Å². The fraction of sp³-hybridized carbons (Fsp3) is 0.455. The molecule has 0 saturated heterocycles. The second-order valence-electron chi connectivity index (χ2n) is 7.60. The van der Waals surface area contributed by atoms with Gasteiger partial charge in [-0.3, -0.25) is 14.6 Å². The van der Waals surface area contributed by atoms with Gasteiger partial charge < -0.3 is 15.2 Å². The van der Waals surface area contributed by atoms with Gasteiger partial charge in [-0.15, -0.1) is 0 Å². The first kappa shape index (κ1) is 22.3. The van der Waals surface area contributed by atoms with Crippen LogP contribution in [0.5, 0.6) is 0 Å². The van der Waals surface area contributed by atoms with Gasteiger partial charge in [-0.2, -0.15) is 0 Å². The number of carboxylic acid groups (broad SMARTS) is 1. The van der Waals surface area contributed by atoms with Crippen LogP contribution in [-0.2, 0) is 19.7 Å². The lowest BCUT2D eigenvalue weighted by Gasteiger charge is -2.30. The standard InChI is InChI=1S/C22H29N3O4/c1-5-22(11-10-20(26)27,21(28)29-14-15(2)3)18-12-23-13-19(25-18)24-17-8-6-16(4)7-9-17/h6-9,12-13,15H,5,10-11,14H2,1-4H3,(H,24,25)(H,26,27). The lowest BCUT2D eigenvalue weighted by Crippen LogP contribution is -2.39. The smallest absolute Gasteiger partial charge is 0.318 e. The van der Waals surface area contributed by atoms with E-state index in [1.54, 1.807) is 6.20 Å². The molecule has 29 heavy (non-hydrogen) atoms.